The standard InChI is InChI=1S/C13H24N2O2/c1-12(16)14-9-5-2-4-8-13(17)15-10-6-3-7-11-15/h2-11H2,1H3,(H,14,16). The first kappa shape index (κ1) is 14.0. The molecule has 0 bridgehead atoms. The molecule has 1 fully saturated rings. The molecule has 98 valence electrons. The van der Waals surface area contributed by atoms with Crippen LogP contribution in [0.3, 0.4) is 0 Å². The minimum absolute atomic E-state index is 0.0226. The SMILES string of the molecule is CC(=O)NCCCCCC(=O)N1CCCCC1. The third-order valence-electron chi connectivity index (χ3n) is 3.15. The summed E-state index contributed by atoms with van der Waals surface area (Å²) in [5.74, 6) is 0.332. The number of piperidine rings is 1. The fourth-order valence-electron chi connectivity index (χ4n) is 2.14. The molecule has 0 aromatic rings. The van der Waals surface area contributed by atoms with Gasteiger partial charge in [0.1, 0.15) is 0 Å². The molecule has 1 aliphatic rings. The van der Waals surface area contributed by atoms with Crippen molar-refractivity contribution in [2.45, 2.75) is 51.9 Å². The number of likely N-dealkylation sites (tertiary alicyclic amines) is 1. The van der Waals surface area contributed by atoms with Crippen molar-refractivity contribution in [1.29, 1.82) is 0 Å². The molecule has 0 spiro atoms. The fourth-order valence-corrected chi connectivity index (χ4v) is 2.14. The van der Waals surface area contributed by atoms with E-state index in [0.717, 1.165) is 51.7 Å². The van der Waals surface area contributed by atoms with E-state index in [1.54, 1.807) is 0 Å². The molecule has 0 saturated carbocycles. The Bertz CT molecular complexity index is 248. The van der Waals surface area contributed by atoms with Crippen LogP contribution in [0.25, 0.3) is 0 Å². The summed E-state index contributed by atoms with van der Waals surface area (Å²) < 4.78 is 0. The normalized spacial score (nSPS) is 15.7. The molecular weight excluding hydrogens is 216 g/mol. The van der Waals surface area contributed by atoms with Crippen LogP contribution >= 0.6 is 0 Å². The van der Waals surface area contributed by atoms with Gasteiger partial charge in [-0.25, -0.2) is 0 Å². The predicted octanol–water partition coefficient (Wildman–Crippen LogP) is 1.70. The van der Waals surface area contributed by atoms with Crippen LogP contribution in [0.1, 0.15) is 51.9 Å². The molecular formula is C13H24N2O2. The number of carbonyl (C=O) groups is 2. The summed E-state index contributed by atoms with van der Waals surface area (Å²) in [4.78, 5) is 24.4. The lowest BCUT2D eigenvalue weighted by Gasteiger charge is -2.26. The molecule has 0 unspecified atom stereocenters. The highest BCUT2D eigenvalue weighted by atomic mass is 16.2. The van der Waals surface area contributed by atoms with Gasteiger partial charge in [-0.15, -0.1) is 0 Å². The van der Waals surface area contributed by atoms with Crippen molar-refractivity contribution in [3.8, 4) is 0 Å². The molecule has 17 heavy (non-hydrogen) atoms. The number of nitrogens with zero attached hydrogens (tertiary/aromatic N) is 1. The van der Waals surface area contributed by atoms with Gasteiger partial charge in [-0.05, 0) is 32.1 Å². The van der Waals surface area contributed by atoms with Crippen LogP contribution in [-0.2, 0) is 9.59 Å². The van der Waals surface area contributed by atoms with Gasteiger partial charge in [-0.3, -0.25) is 9.59 Å². The zero-order valence-electron chi connectivity index (χ0n) is 10.8. The van der Waals surface area contributed by atoms with E-state index in [1.807, 2.05) is 4.90 Å². The largest absolute Gasteiger partial charge is 0.356 e. The molecule has 0 atom stereocenters. The van der Waals surface area contributed by atoms with Crippen molar-refractivity contribution in [3.05, 3.63) is 0 Å². The summed E-state index contributed by atoms with van der Waals surface area (Å²) in [6, 6.07) is 0. The number of carbonyl (C=O) groups excluding carboxylic acids is 2. The molecule has 0 aromatic carbocycles. The minimum atomic E-state index is 0.0226. The van der Waals surface area contributed by atoms with Crippen LogP contribution < -0.4 is 5.32 Å². The van der Waals surface area contributed by atoms with Crippen molar-refractivity contribution in [1.82, 2.24) is 10.2 Å². The minimum Gasteiger partial charge on any atom is -0.356 e. The quantitative estimate of drug-likeness (QED) is 0.718. The fraction of sp³-hybridized carbons (Fsp3) is 0.846. The molecule has 0 radical (unpaired) electrons. The number of unbranched alkanes of at least 4 members (excludes halogenated alkanes) is 2. The van der Waals surface area contributed by atoms with E-state index >= 15 is 0 Å². The maximum absolute atomic E-state index is 11.8. The van der Waals surface area contributed by atoms with Gasteiger partial charge in [0.05, 0.1) is 0 Å². The van der Waals surface area contributed by atoms with Gasteiger partial charge in [0.25, 0.3) is 0 Å². The number of nitrogens with one attached hydrogen (secondary N) is 1. The van der Waals surface area contributed by atoms with Crippen molar-refractivity contribution in [2.75, 3.05) is 19.6 Å². The van der Waals surface area contributed by atoms with E-state index in [0.29, 0.717) is 12.3 Å². The molecule has 1 aliphatic heterocycles. The van der Waals surface area contributed by atoms with E-state index in [2.05, 4.69) is 5.32 Å². The molecule has 1 rings (SSSR count). The van der Waals surface area contributed by atoms with Crippen molar-refractivity contribution < 1.29 is 9.59 Å². The first-order valence-corrected chi connectivity index (χ1v) is 6.72. The second kappa shape index (κ2) is 8.09. The van der Waals surface area contributed by atoms with Gasteiger partial charge in [0.15, 0.2) is 0 Å². The number of hydrogen-bond acceptors (Lipinski definition) is 2. The lowest BCUT2D eigenvalue weighted by molar-refractivity contribution is -0.132. The second-order valence-electron chi connectivity index (χ2n) is 4.74. The Morgan fingerprint density at radius 1 is 1.06 bits per heavy atom. The van der Waals surface area contributed by atoms with Gasteiger partial charge in [0, 0.05) is 33.0 Å². The van der Waals surface area contributed by atoms with E-state index < -0.39 is 0 Å². The smallest absolute Gasteiger partial charge is 0.222 e. The number of amides is 2. The van der Waals surface area contributed by atoms with Crippen molar-refractivity contribution >= 4 is 11.8 Å². The highest BCUT2D eigenvalue weighted by Gasteiger charge is 2.15. The molecule has 1 N–H and O–H groups in total. The number of hydrogen-bond donors (Lipinski definition) is 1. The third-order valence-corrected chi connectivity index (χ3v) is 3.15. The Labute approximate surface area is 104 Å². The zero-order chi connectivity index (χ0) is 12.5. The van der Waals surface area contributed by atoms with E-state index in [-0.39, 0.29) is 5.91 Å². The highest BCUT2D eigenvalue weighted by Crippen LogP contribution is 2.11. The first-order chi connectivity index (χ1) is 8.20. The van der Waals surface area contributed by atoms with Crippen molar-refractivity contribution in [3.63, 3.8) is 0 Å². The molecule has 0 aromatic heterocycles. The summed E-state index contributed by atoms with van der Waals surface area (Å²) in [7, 11) is 0. The molecule has 1 heterocycles. The summed E-state index contributed by atoms with van der Waals surface area (Å²) >= 11 is 0. The first-order valence-electron chi connectivity index (χ1n) is 6.72. The Kier molecular flexibility index (Phi) is 6.67. The number of rotatable bonds is 6. The van der Waals surface area contributed by atoms with Gasteiger partial charge >= 0.3 is 0 Å². The van der Waals surface area contributed by atoms with Crippen LogP contribution in [0, 0.1) is 0 Å². The Hall–Kier alpha value is -1.06. The average Bonchev–Trinajstić information content (AvgIpc) is 2.34. The summed E-state index contributed by atoms with van der Waals surface area (Å²) in [5, 5.41) is 2.76. The Morgan fingerprint density at radius 3 is 2.41 bits per heavy atom. The maximum atomic E-state index is 11.8. The van der Waals surface area contributed by atoms with Crippen LogP contribution in [0.2, 0.25) is 0 Å². The topological polar surface area (TPSA) is 49.4 Å². The maximum Gasteiger partial charge on any atom is 0.222 e. The lowest BCUT2D eigenvalue weighted by atomic mass is 10.1. The summed E-state index contributed by atoms with van der Waals surface area (Å²) in [5.41, 5.74) is 0. The molecule has 1 saturated heterocycles. The van der Waals surface area contributed by atoms with Gasteiger partial charge in [-0.2, -0.15) is 0 Å². The predicted molar refractivity (Wildman–Crippen MR) is 67.6 cm³/mol. The molecule has 2 amide bonds. The van der Waals surface area contributed by atoms with Crippen LogP contribution in [0.5, 0.6) is 0 Å². The van der Waals surface area contributed by atoms with Crippen LogP contribution in [0.4, 0.5) is 0 Å². The van der Waals surface area contributed by atoms with Gasteiger partial charge in [-0.1, -0.05) is 6.42 Å². The molecule has 4 heteroatoms. The molecule has 4 nitrogen and oxygen atoms in total. The summed E-state index contributed by atoms with van der Waals surface area (Å²) in [6.07, 6.45) is 7.17. The summed E-state index contributed by atoms with van der Waals surface area (Å²) in [6.45, 7) is 4.16. The van der Waals surface area contributed by atoms with Crippen LogP contribution in [-0.4, -0.2) is 36.3 Å². The van der Waals surface area contributed by atoms with Gasteiger partial charge in [0.2, 0.25) is 11.8 Å². The third kappa shape index (κ3) is 6.29. The Morgan fingerprint density at radius 2 is 1.76 bits per heavy atom. The monoisotopic (exact) mass is 240 g/mol. The van der Waals surface area contributed by atoms with Gasteiger partial charge < -0.3 is 10.2 Å². The molecule has 0 aliphatic carbocycles. The zero-order valence-corrected chi connectivity index (χ0v) is 10.8. The van der Waals surface area contributed by atoms with Crippen molar-refractivity contribution in [2.24, 2.45) is 0 Å². The van der Waals surface area contributed by atoms with E-state index in [1.165, 1.54) is 13.3 Å². The average molecular weight is 240 g/mol. The Balaban J connectivity index is 1.98. The van der Waals surface area contributed by atoms with E-state index in [4.69, 9.17) is 0 Å². The second-order valence-corrected chi connectivity index (χ2v) is 4.74. The van der Waals surface area contributed by atoms with Crippen LogP contribution in [0.15, 0.2) is 0 Å². The lowest BCUT2D eigenvalue weighted by Crippen LogP contribution is -2.35. The highest BCUT2D eigenvalue weighted by molar-refractivity contribution is 5.76. The van der Waals surface area contributed by atoms with E-state index in [9.17, 15) is 9.59 Å².